The van der Waals surface area contributed by atoms with Gasteiger partial charge in [-0.15, -0.1) is 0 Å². The third-order valence-corrected chi connectivity index (χ3v) is 5.42. The lowest BCUT2D eigenvalue weighted by Gasteiger charge is -2.28. The van der Waals surface area contributed by atoms with E-state index in [0.29, 0.717) is 17.4 Å². The Bertz CT molecular complexity index is 1060. The fourth-order valence-corrected chi connectivity index (χ4v) is 3.95. The standard InChI is InChI=1S/C22H15BrCl2O4/c23-16-8-14(11-27-21(26)18-10-17(24)6-7-19(18)25)20-15(9-16)12-28-22(29-20)13-4-2-1-3-5-13/h1-10,22H,11-12H2/t22-/m1/s1. The average Bonchev–Trinajstić information content (AvgIpc) is 2.73. The van der Waals surface area contributed by atoms with Gasteiger partial charge < -0.3 is 14.2 Å². The number of fused-ring (bicyclic) bond motifs is 1. The first-order valence-electron chi connectivity index (χ1n) is 8.78. The monoisotopic (exact) mass is 492 g/mol. The zero-order valence-electron chi connectivity index (χ0n) is 15.0. The van der Waals surface area contributed by atoms with E-state index in [1.165, 1.54) is 6.07 Å². The van der Waals surface area contributed by atoms with Crippen LogP contribution >= 0.6 is 39.1 Å². The molecule has 29 heavy (non-hydrogen) atoms. The van der Waals surface area contributed by atoms with Crippen LogP contribution < -0.4 is 4.74 Å². The van der Waals surface area contributed by atoms with Crippen molar-refractivity contribution in [3.05, 3.63) is 97.4 Å². The lowest BCUT2D eigenvalue weighted by atomic mass is 10.1. The van der Waals surface area contributed by atoms with E-state index in [2.05, 4.69) is 15.9 Å². The Morgan fingerprint density at radius 1 is 1.10 bits per heavy atom. The first-order valence-corrected chi connectivity index (χ1v) is 10.3. The number of carbonyl (C=O) groups excluding carboxylic acids is 1. The minimum Gasteiger partial charge on any atom is -0.460 e. The predicted molar refractivity (Wildman–Crippen MR) is 114 cm³/mol. The lowest BCUT2D eigenvalue weighted by molar-refractivity contribution is -0.112. The third kappa shape index (κ3) is 4.59. The zero-order valence-corrected chi connectivity index (χ0v) is 18.1. The molecule has 148 valence electrons. The van der Waals surface area contributed by atoms with Crippen LogP contribution in [0.2, 0.25) is 10.0 Å². The van der Waals surface area contributed by atoms with Crippen molar-refractivity contribution in [1.82, 2.24) is 0 Å². The summed E-state index contributed by atoms with van der Waals surface area (Å²) in [6, 6.07) is 18.1. The molecular weight excluding hydrogens is 479 g/mol. The summed E-state index contributed by atoms with van der Waals surface area (Å²) in [7, 11) is 0. The lowest BCUT2D eigenvalue weighted by Crippen LogP contribution is -2.19. The molecule has 1 aliphatic heterocycles. The Balaban J connectivity index is 1.56. The number of hydrogen-bond acceptors (Lipinski definition) is 4. The molecule has 0 fully saturated rings. The average molecular weight is 494 g/mol. The van der Waals surface area contributed by atoms with Gasteiger partial charge in [-0.1, -0.05) is 69.5 Å². The molecule has 0 unspecified atom stereocenters. The summed E-state index contributed by atoms with van der Waals surface area (Å²) in [4.78, 5) is 12.5. The predicted octanol–water partition coefficient (Wildman–Crippen LogP) is 6.72. The Labute approximate surface area is 186 Å². The van der Waals surface area contributed by atoms with Gasteiger partial charge in [0.2, 0.25) is 6.29 Å². The van der Waals surface area contributed by atoms with Crippen LogP contribution in [0.15, 0.2) is 65.1 Å². The molecular formula is C22H15BrCl2O4. The number of ether oxygens (including phenoxy) is 3. The van der Waals surface area contributed by atoms with E-state index in [4.69, 9.17) is 37.4 Å². The second-order valence-corrected chi connectivity index (χ2v) is 8.18. The van der Waals surface area contributed by atoms with Gasteiger partial charge in [0.1, 0.15) is 12.4 Å². The quantitative estimate of drug-likeness (QED) is 0.378. The van der Waals surface area contributed by atoms with Crippen LogP contribution in [0.3, 0.4) is 0 Å². The van der Waals surface area contributed by atoms with Crippen molar-refractivity contribution in [2.24, 2.45) is 0 Å². The number of carbonyl (C=O) groups is 1. The molecule has 3 aromatic carbocycles. The van der Waals surface area contributed by atoms with Gasteiger partial charge in [0.25, 0.3) is 0 Å². The minimum absolute atomic E-state index is 0.0188. The molecule has 0 bridgehead atoms. The molecule has 4 rings (SSSR count). The van der Waals surface area contributed by atoms with E-state index in [9.17, 15) is 4.79 Å². The number of hydrogen-bond donors (Lipinski definition) is 0. The summed E-state index contributed by atoms with van der Waals surface area (Å²) < 4.78 is 18.3. The van der Waals surface area contributed by atoms with Crippen molar-refractivity contribution in [1.29, 1.82) is 0 Å². The van der Waals surface area contributed by atoms with E-state index in [1.807, 2.05) is 42.5 Å². The van der Waals surface area contributed by atoms with Crippen LogP contribution in [0.4, 0.5) is 0 Å². The smallest absolute Gasteiger partial charge is 0.340 e. The summed E-state index contributed by atoms with van der Waals surface area (Å²) in [6.45, 7) is 0.403. The molecule has 0 amide bonds. The largest absolute Gasteiger partial charge is 0.460 e. The summed E-state index contributed by atoms with van der Waals surface area (Å²) >= 11 is 15.5. The highest BCUT2D eigenvalue weighted by Gasteiger charge is 2.25. The topological polar surface area (TPSA) is 44.8 Å². The molecule has 0 saturated heterocycles. The highest BCUT2D eigenvalue weighted by molar-refractivity contribution is 9.10. The van der Waals surface area contributed by atoms with E-state index in [0.717, 1.165) is 21.2 Å². The fourth-order valence-electron chi connectivity index (χ4n) is 3.03. The molecule has 0 aliphatic carbocycles. The highest BCUT2D eigenvalue weighted by Crippen LogP contribution is 2.38. The molecule has 0 aromatic heterocycles. The maximum absolute atomic E-state index is 12.5. The van der Waals surface area contributed by atoms with Gasteiger partial charge in [0.05, 0.1) is 17.2 Å². The molecule has 0 spiro atoms. The maximum atomic E-state index is 12.5. The van der Waals surface area contributed by atoms with Crippen LogP contribution in [0.25, 0.3) is 0 Å². The molecule has 3 aromatic rings. The Morgan fingerprint density at radius 2 is 1.90 bits per heavy atom. The second kappa shape index (κ2) is 8.76. The number of benzene rings is 3. The number of esters is 1. The molecule has 7 heteroatoms. The van der Waals surface area contributed by atoms with Gasteiger partial charge in [-0.3, -0.25) is 0 Å². The molecule has 1 heterocycles. The molecule has 4 nitrogen and oxygen atoms in total. The Kier molecular flexibility index (Phi) is 6.11. The first kappa shape index (κ1) is 20.2. The van der Waals surface area contributed by atoms with Gasteiger partial charge in [-0.25, -0.2) is 4.79 Å². The van der Waals surface area contributed by atoms with Crippen molar-refractivity contribution in [3.8, 4) is 5.75 Å². The van der Waals surface area contributed by atoms with Crippen molar-refractivity contribution in [2.45, 2.75) is 19.5 Å². The maximum Gasteiger partial charge on any atom is 0.340 e. The van der Waals surface area contributed by atoms with Gasteiger partial charge in [-0.2, -0.15) is 0 Å². The SMILES string of the molecule is O=C(OCc1cc(Br)cc2c1O[C@H](c1ccccc1)OC2)c1cc(Cl)ccc1Cl. The number of halogens is 3. The van der Waals surface area contributed by atoms with Gasteiger partial charge in [0, 0.05) is 26.2 Å². The molecule has 1 aliphatic rings. The third-order valence-electron chi connectivity index (χ3n) is 4.40. The highest BCUT2D eigenvalue weighted by atomic mass is 79.9. The van der Waals surface area contributed by atoms with E-state index in [-0.39, 0.29) is 17.2 Å². The normalized spacial score (nSPS) is 15.3. The van der Waals surface area contributed by atoms with Gasteiger partial charge in [0.15, 0.2) is 0 Å². The number of rotatable bonds is 4. The van der Waals surface area contributed by atoms with Crippen LogP contribution in [0.1, 0.15) is 33.3 Å². The van der Waals surface area contributed by atoms with Crippen molar-refractivity contribution in [2.75, 3.05) is 0 Å². The van der Waals surface area contributed by atoms with Crippen molar-refractivity contribution < 1.29 is 19.0 Å². The Morgan fingerprint density at radius 3 is 2.69 bits per heavy atom. The minimum atomic E-state index is -0.558. The summed E-state index contributed by atoms with van der Waals surface area (Å²) in [5, 5.41) is 0.692. The van der Waals surface area contributed by atoms with E-state index >= 15 is 0 Å². The summed E-state index contributed by atoms with van der Waals surface area (Å²) in [5.74, 6) is 0.0937. The molecule has 0 saturated carbocycles. The summed E-state index contributed by atoms with van der Waals surface area (Å²) in [6.07, 6.45) is -0.526. The Hall–Kier alpha value is -2.05. The zero-order chi connectivity index (χ0) is 20.4. The van der Waals surface area contributed by atoms with Crippen molar-refractivity contribution in [3.63, 3.8) is 0 Å². The van der Waals surface area contributed by atoms with Crippen LogP contribution in [0, 0.1) is 0 Å². The van der Waals surface area contributed by atoms with Crippen molar-refractivity contribution >= 4 is 45.1 Å². The molecule has 1 atom stereocenters. The molecule has 0 radical (unpaired) electrons. The van der Waals surface area contributed by atoms with Gasteiger partial charge >= 0.3 is 5.97 Å². The van der Waals surface area contributed by atoms with Crippen LogP contribution in [0.5, 0.6) is 5.75 Å². The fraction of sp³-hybridized carbons (Fsp3) is 0.136. The summed E-state index contributed by atoms with van der Waals surface area (Å²) in [5.41, 5.74) is 2.73. The van der Waals surface area contributed by atoms with Gasteiger partial charge in [-0.05, 0) is 30.3 Å². The molecule has 0 N–H and O–H groups in total. The van der Waals surface area contributed by atoms with Crippen LogP contribution in [-0.2, 0) is 22.7 Å². The second-order valence-electron chi connectivity index (χ2n) is 6.42. The first-order chi connectivity index (χ1) is 14.0. The van der Waals surface area contributed by atoms with E-state index < -0.39 is 12.3 Å². The van der Waals surface area contributed by atoms with Crippen LogP contribution in [-0.4, -0.2) is 5.97 Å². The van der Waals surface area contributed by atoms with E-state index in [1.54, 1.807) is 12.1 Å².